The zero-order chi connectivity index (χ0) is 8.81. The molecule has 0 saturated heterocycles. The average Bonchev–Trinajstić information content (AvgIpc) is 2.08. The van der Waals surface area contributed by atoms with Crippen LogP contribution in [-0.4, -0.2) is 7.85 Å². The van der Waals surface area contributed by atoms with Gasteiger partial charge < -0.3 is 0 Å². The normalized spacial score (nSPS) is 28.4. The molecule has 0 radical (unpaired) electrons. The SMILES string of the molecule is B/C1=C(\C)CCCCCCCC1. The van der Waals surface area contributed by atoms with Gasteiger partial charge in [-0.15, -0.1) is 5.47 Å². The Morgan fingerprint density at radius 3 is 2.00 bits per heavy atom. The maximum Gasteiger partial charge on any atom is 0.133 e. The summed E-state index contributed by atoms with van der Waals surface area (Å²) in [4.78, 5) is 0. The van der Waals surface area contributed by atoms with Gasteiger partial charge in [0.1, 0.15) is 7.85 Å². The van der Waals surface area contributed by atoms with E-state index < -0.39 is 0 Å². The first-order chi connectivity index (χ1) is 5.80. The minimum Gasteiger partial charge on any atom is -0.111 e. The fraction of sp³-hybridized carbons (Fsp3) is 0.818. The van der Waals surface area contributed by atoms with Crippen LogP contribution in [-0.2, 0) is 0 Å². The molecule has 0 atom stereocenters. The summed E-state index contributed by atoms with van der Waals surface area (Å²) in [5.41, 5.74) is 3.33. The molecule has 0 saturated carbocycles. The van der Waals surface area contributed by atoms with Crippen LogP contribution in [0.3, 0.4) is 0 Å². The molecule has 1 aliphatic carbocycles. The highest BCUT2D eigenvalue weighted by atomic mass is 14.0. The van der Waals surface area contributed by atoms with Crippen molar-refractivity contribution in [3.63, 3.8) is 0 Å². The van der Waals surface area contributed by atoms with E-state index in [2.05, 4.69) is 14.8 Å². The van der Waals surface area contributed by atoms with Gasteiger partial charge in [0.2, 0.25) is 0 Å². The Morgan fingerprint density at radius 1 is 0.833 bits per heavy atom. The van der Waals surface area contributed by atoms with Crippen LogP contribution in [0.5, 0.6) is 0 Å². The third-order valence-corrected chi connectivity index (χ3v) is 3.08. The molecule has 68 valence electrons. The van der Waals surface area contributed by atoms with Crippen LogP contribution in [0.15, 0.2) is 11.0 Å². The van der Waals surface area contributed by atoms with Gasteiger partial charge in [0.15, 0.2) is 0 Å². The lowest BCUT2D eigenvalue weighted by atomic mass is 9.83. The summed E-state index contributed by atoms with van der Waals surface area (Å²) >= 11 is 0. The molecular formula is C11H21B. The summed E-state index contributed by atoms with van der Waals surface area (Å²) in [6.07, 6.45) is 11.4. The van der Waals surface area contributed by atoms with Gasteiger partial charge in [0, 0.05) is 0 Å². The van der Waals surface area contributed by atoms with Crippen molar-refractivity contribution in [2.24, 2.45) is 0 Å². The molecule has 0 aromatic carbocycles. The number of hydrogen-bond acceptors (Lipinski definition) is 0. The lowest BCUT2D eigenvalue weighted by molar-refractivity contribution is 0.583. The van der Waals surface area contributed by atoms with Crippen LogP contribution in [0, 0.1) is 0 Å². The molecule has 0 aromatic rings. The summed E-state index contributed by atoms with van der Waals surface area (Å²) in [6.45, 7) is 2.32. The van der Waals surface area contributed by atoms with Crippen molar-refractivity contribution in [2.75, 3.05) is 0 Å². The van der Waals surface area contributed by atoms with Crippen molar-refractivity contribution in [2.45, 2.75) is 58.3 Å². The first kappa shape index (κ1) is 9.89. The Morgan fingerprint density at radius 2 is 1.33 bits per heavy atom. The summed E-state index contributed by atoms with van der Waals surface area (Å²) < 4.78 is 0. The predicted molar refractivity (Wildman–Crippen MR) is 58.2 cm³/mol. The Kier molecular flexibility index (Phi) is 4.49. The molecule has 1 aliphatic rings. The Labute approximate surface area is 77.8 Å². The van der Waals surface area contributed by atoms with Gasteiger partial charge in [0.25, 0.3) is 0 Å². The molecule has 12 heavy (non-hydrogen) atoms. The maximum atomic E-state index is 2.32. The highest BCUT2D eigenvalue weighted by Crippen LogP contribution is 2.19. The predicted octanol–water partition coefficient (Wildman–Crippen LogP) is 3.03. The zero-order valence-electron chi connectivity index (χ0n) is 8.66. The largest absolute Gasteiger partial charge is 0.133 e. The quantitative estimate of drug-likeness (QED) is 0.482. The highest BCUT2D eigenvalue weighted by Gasteiger charge is 2.00. The van der Waals surface area contributed by atoms with E-state index in [4.69, 9.17) is 0 Å². The van der Waals surface area contributed by atoms with E-state index in [9.17, 15) is 0 Å². The van der Waals surface area contributed by atoms with Crippen LogP contribution < -0.4 is 0 Å². The van der Waals surface area contributed by atoms with E-state index in [1.807, 2.05) is 0 Å². The van der Waals surface area contributed by atoms with Crippen molar-refractivity contribution in [1.29, 1.82) is 0 Å². The first-order valence-corrected chi connectivity index (χ1v) is 5.46. The summed E-state index contributed by atoms with van der Waals surface area (Å²) in [5.74, 6) is 0. The second kappa shape index (κ2) is 5.45. The van der Waals surface area contributed by atoms with Gasteiger partial charge in [-0.3, -0.25) is 0 Å². The number of allylic oxidation sites excluding steroid dienone is 2. The van der Waals surface area contributed by atoms with Crippen molar-refractivity contribution >= 4 is 7.85 Å². The molecule has 0 unspecified atom stereocenters. The molecule has 0 nitrogen and oxygen atoms in total. The van der Waals surface area contributed by atoms with Gasteiger partial charge >= 0.3 is 0 Å². The lowest BCUT2D eigenvalue weighted by Gasteiger charge is -2.10. The molecule has 1 heteroatoms. The number of hydrogen-bond donors (Lipinski definition) is 0. The minimum absolute atomic E-state index is 1.35. The van der Waals surface area contributed by atoms with E-state index in [1.165, 1.54) is 51.4 Å². The van der Waals surface area contributed by atoms with Crippen molar-refractivity contribution in [1.82, 2.24) is 0 Å². The zero-order valence-corrected chi connectivity index (χ0v) is 8.66. The Bertz CT molecular complexity index is 140. The van der Waals surface area contributed by atoms with Crippen molar-refractivity contribution in [3.05, 3.63) is 11.0 Å². The third-order valence-electron chi connectivity index (χ3n) is 3.08. The molecule has 0 heterocycles. The molecule has 0 aromatic heterocycles. The monoisotopic (exact) mass is 164 g/mol. The molecule has 0 spiro atoms. The standard InChI is InChI=1S/C11H21B/c1-10-8-6-4-2-3-5-7-9-11(10)12/h2-9,12H2,1H3/b11-10+. The first-order valence-electron chi connectivity index (χ1n) is 5.46. The molecule has 0 bridgehead atoms. The topological polar surface area (TPSA) is 0 Å². The van der Waals surface area contributed by atoms with Crippen LogP contribution in [0.1, 0.15) is 58.3 Å². The van der Waals surface area contributed by atoms with Crippen LogP contribution in [0.25, 0.3) is 0 Å². The molecule has 1 rings (SSSR count). The summed E-state index contributed by atoms with van der Waals surface area (Å²) in [5, 5.41) is 0. The van der Waals surface area contributed by atoms with Gasteiger partial charge in [-0.1, -0.05) is 37.7 Å². The van der Waals surface area contributed by atoms with Gasteiger partial charge in [-0.05, 0) is 26.2 Å². The molecular weight excluding hydrogens is 143 g/mol. The van der Waals surface area contributed by atoms with Gasteiger partial charge in [-0.25, -0.2) is 0 Å². The lowest BCUT2D eigenvalue weighted by Crippen LogP contribution is -1.93. The summed E-state index contributed by atoms with van der Waals surface area (Å²) in [7, 11) is 2.32. The van der Waals surface area contributed by atoms with Crippen LogP contribution in [0.4, 0.5) is 0 Å². The number of rotatable bonds is 0. The average molecular weight is 164 g/mol. The maximum absolute atomic E-state index is 2.32. The summed E-state index contributed by atoms with van der Waals surface area (Å²) in [6, 6.07) is 0. The fourth-order valence-electron chi connectivity index (χ4n) is 1.91. The van der Waals surface area contributed by atoms with Crippen LogP contribution in [0.2, 0.25) is 0 Å². The van der Waals surface area contributed by atoms with Crippen molar-refractivity contribution in [3.8, 4) is 0 Å². The molecule has 0 N–H and O–H groups in total. The Hall–Kier alpha value is -0.195. The minimum atomic E-state index is 1.35. The second-order valence-corrected chi connectivity index (χ2v) is 4.18. The van der Waals surface area contributed by atoms with Gasteiger partial charge in [-0.2, -0.15) is 0 Å². The fourth-order valence-corrected chi connectivity index (χ4v) is 1.91. The molecule has 0 amide bonds. The van der Waals surface area contributed by atoms with E-state index in [0.29, 0.717) is 0 Å². The smallest absolute Gasteiger partial charge is 0.111 e. The van der Waals surface area contributed by atoms with Crippen LogP contribution >= 0.6 is 0 Å². The highest BCUT2D eigenvalue weighted by molar-refractivity contribution is 6.21. The third kappa shape index (κ3) is 3.47. The Balaban J connectivity index is 2.43. The second-order valence-electron chi connectivity index (χ2n) is 4.18. The molecule has 0 fully saturated rings. The van der Waals surface area contributed by atoms with E-state index in [1.54, 1.807) is 11.0 Å². The molecule has 0 aliphatic heterocycles. The van der Waals surface area contributed by atoms with E-state index in [-0.39, 0.29) is 0 Å². The van der Waals surface area contributed by atoms with Crippen molar-refractivity contribution < 1.29 is 0 Å². The van der Waals surface area contributed by atoms with E-state index >= 15 is 0 Å². The van der Waals surface area contributed by atoms with Gasteiger partial charge in [0.05, 0.1) is 0 Å². The van der Waals surface area contributed by atoms with E-state index in [0.717, 1.165) is 0 Å².